The molecule has 84 valence electrons. The molecule has 1 unspecified atom stereocenters. The van der Waals surface area contributed by atoms with Crippen molar-refractivity contribution in [1.82, 2.24) is 0 Å². The molecular formula is C13H21NO. The maximum absolute atomic E-state index is 5.61. The first kappa shape index (κ1) is 12.1. The Morgan fingerprint density at radius 2 is 2.13 bits per heavy atom. The minimum Gasteiger partial charge on any atom is -0.496 e. The van der Waals surface area contributed by atoms with Gasteiger partial charge in [0.1, 0.15) is 5.75 Å². The van der Waals surface area contributed by atoms with Crippen molar-refractivity contribution < 1.29 is 4.74 Å². The average Bonchev–Trinajstić information content (AvgIpc) is 2.25. The lowest BCUT2D eigenvalue weighted by Gasteiger charge is -2.16. The molecule has 0 heterocycles. The Kier molecular flexibility index (Phi) is 4.63. The summed E-state index contributed by atoms with van der Waals surface area (Å²) in [4.78, 5) is 0. The van der Waals surface area contributed by atoms with Gasteiger partial charge >= 0.3 is 0 Å². The topological polar surface area (TPSA) is 35.2 Å². The number of hydrogen-bond donors (Lipinski definition) is 1. The molecule has 2 N–H and O–H groups in total. The molecule has 0 fully saturated rings. The number of ether oxygens (including phenoxy) is 1. The van der Waals surface area contributed by atoms with Gasteiger partial charge in [0.05, 0.1) is 7.11 Å². The van der Waals surface area contributed by atoms with E-state index in [0.717, 1.165) is 25.1 Å². The van der Waals surface area contributed by atoms with Gasteiger partial charge in [0.15, 0.2) is 0 Å². The van der Waals surface area contributed by atoms with Crippen LogP contribution in [0.4, 0.5) is 0 Å². The van der Waals surface area contributed by atoms with Crippen molar-refractivity contribution in [1.29, 1.82) is 0 Å². The third-order valence-corrected chi connectivity index (χ3v) is 2.90. The lowest BCUT2D eigenvalue weighted by atomic mass is 9.92. The standard InChI is InChI=1S/C13H21NO/c1-4-11(7-8-14)12-5-6-13(15-3)10(2)9-12/h5-6,9,11H,4,7-8,14H2,1-3H3. The van der Waals surface area contributed by atoms with Gasteiger partial charge in [0.25, 0.3) is 0 Å². The number of methoxy groups -OCH3 is 1. The maximum atomic E-state index is 5.61. The van der Waals surface area contributed by atoms with Gasteiger partial charge in [-0.05, 0) is 49.4 Å². The number of nitrogens with two attached hydrogens (primary N) is 1. The molecule has 0 aliphatic carbocycles. The van der Waals surface area contributed by atoms with Crippen molar-refractivity contribution in [3.8, 4) is 5.75 Å². The molecule has 0 aliphatic rings. The molecule has 15 heavy (non-hydrogen) atoms. The Morgan fingerprint density at radius 1 is 1.40 bits per heavy atom. The molecule has 1 aromatic carbocycles. The minimum absolute atomic E-state index is 0.583. The van der Waals surface area contributed by atoms with Crippen molar-refractivity contribution in [3.63, 3.8) is 0 Å². The second kappa shape index (κ2) is 5.76. The smallest absolute Gasteiger partial charge is 0.121 e. The van der Waals surface area contributed by atoms with Crippen LogP contribution in [0, 0.1) is 6.92 Å². The summed E-state index contributed by atoms with van der Waals surface area (Å²) in [7, 11) is 1.71. The normalized spacial score (nSPS) is 12.5. The first-order chi connectivity index (χ1) is 7.22. The predicted molar refractivity (Wildman–Crippen MR) is 64.4 cm³/mol. The zero-order chi connectivity index (χ0) is 11.3. The summed E-state index contributed by atoms with van der Waals surface area (Å²) in [6.07, 6.45) is 2.20. The van der Waals surface area contributed by atoms with E-state index in [-0.39, 0.29) is 0 Å². The van der Waals surface area contributed by atoms with E-state index in [2.05, 4.69) is 26.0 Å². The molecule has 1 rings (SSSR count). The van der Waals surface area contributed by atoms with Crippen LogP contribution in [-0.2, 0) is 0 Å². The van der Waals surface area contributed by atoms with Crippen LogP contribution in [0.2, 0.25) is 0 Å². The molecule has 0 spiro atoms. The Labute approximate surface area is 92.4 Å². The van der Waals surface area contributed by atoms with Crippen molar-refractivity contribution in [3.05, 3.63) is 29.3 Å². The highest BCUT2D eigenvalue weighted by Crippen LogP contribution is 2.27. The van der Waals surface area contributed by atoms with Gasteiger partial charge in [-0.3, -0.25) is 0 Å². The largest absolute Gasteiger partial charge is 0.496 e. The van der Waals surface area contributed by atoms with E-state index in [1.54, 1.807) is 7.11 Å². The van der Waals surface area contributed by atoms with E-state index in [1.807, 2.05) is 6.07 Å². The van der Waals surface area contributed by atoms with Gasteiger partial charge in [0.2, 0.25) is 0 Å². The molecule has 2 nitrogen and oxygen atoms in total. The maximum Gasteiger partial charge on any atom is 0.121 e. The zero-order valence-electron chi connectivity index (χ0n) is 9.92. The summed E-state index contributed by atoms with van der Waals surface area (Å²) in [6.45, 7) is 5.04. The predicted octanol–water partition coefficient (Wildman–Crippen LogP) is 2.85. The van der Waals surface area contributed by atoms with E-state index in [1.165, 1.54) is 11.1 Å². The van der Waals surface area contributed by atoms with Crippen molar-refractivity contribution >= 4 is 0 Å². The number of hydrogen-bond acceptors (Lipinski definition) is 2. The van der Waals surface area contributed by atoms with Gasteiger partial charge in [0, 0.05) is 0 Å². The molecule has 0 saturated carbocycles. The summed E-state index contributed by atoms with van der Waals surface area (Å²) in [5.74, 6) is 1.54. The van der Waals surface area contributed by atoms with Crippen molar-refractivity contribution in [2.24, 2.45) is 5.73 Å². The second-order valence-electron chi connectivity index (χ2n) is 3.91. The van der Waals surface area contributed by atoms with E-state index >= 15 is 0 Å². The van der Waals surface area contributed by atoms with Crippen LogP contribution < -0.4 is 10.5 Å². The molecule has 1 aromatic rings. The molecular weight excluding hydrogens is 186 g/mol. The fourth-order valence-corrected chi connectivity index (χ4v) is 1.96. The molecule has 1 atom stereocenters. The highest BCUT2D eigenvalue weighted by Gasteiger charge is 2.09. The van der Waals surface area contributed by atoms with Gasteiger partial charge in [-0.1, -0.05) is 19.1 Å². The van der Waals surface area contributed by atoms with Crippen LogP contribution in [0.3, 0.4) is 0 Å². The number of aryl methyl sites for hydroxylation is 1. The van der Waals surface area contributed by atoms with Crippen LogP contribution in [0.1, 0.15) is 36.8 Å². The van der Waals surface area contributed by atoms with Gasteiger partial charge in [-0.25, -0.2) is 0 Å². The Balaban J connectivity index is 2.89. The van der Waals surface area contributed by atoms with Crippen LogP contribution in [0.15, 0.2) is 18.2 Å². The third kappa shape index (κ3) is 2.96. The minimum atomic E-state index is 0.583. The van der Waals surface area contributed by atoms with Gasteiger partial charge < -0.3 is 10.5 Å². The highest BCUT2D eigenvalue weighted by molar-refractivity contribution is 5.37. The summed E-state index contributed by atoms with van der Waals surface area (Å²) in [5, 5.41) is 0. The van der Waals surface area contributed by atoms with Gasteiger partial charge in [-0.2, -0.15) is 0 Å². The van der Waals surface area contributed by atoms with Gasteiger partial charge in [-0.15, -0.1) is 0 Å². The first-order valence-corrected chi connectivity index (χ1v) is 5.57. The lowest BCUT2D eigenvalue weighted by molar-refractivity contribution is 0.411. The molecule has 0 amide bonds. The van der Waals surface area contributed by atoms with E-state index in [0.29, 0.717) is 5.92 Å². The molecule has 0 saturated heterocycles. The number of benzene rings is 1. The fraction of sp³-hybridized carbons (Fsp3) is 0.538. The number of rotatable bonds is 5. The monoisotopic (exact) mass is 207 g/mol. The second-order valence-corrected chi connectivity index (χ2v) is 3.91. The third-order valence-electron chi connectivity index (χ3n) is 2.90. The highest BCUT2D eigenvalue weighted by atomic mass is 16.5. The van der Waals surface area contributed by atoms with Crippen LogP contribution in [0.25, 0.3) is 0 Å². The summed E-state index contributed by atoms with van der Waals surface area (Å²) in [5.41, 5.74) is 8.19. The zero-order valence-corrected chi connectivity index (χ0v) is 9.92. The molecule has 0 aliphatic heterocycles. The van der Waals surface area contributed by atoms with Crippen LogP contribution in [0.5, 0.6) is 5.75 Å². The summed E-state index contributed by atoms with van der Waals surface area (Å²) in [6, 6.07) is 6.40. The lowest BCUT2D eigenvalue weighted by Crippen LogP contribution is -2.07. The van der Waals surface area contributed by atoms with Crippen LogP contribution >= 0.6 is 0 Å². The SMILES string of the molecule is CCC(CCN)c1ccc(OC)c(C)c1. The molecule has 0 radical (unpaired) electrons. The Hall–Kier alpha value is -1.02. The Bertz CT molecular complexity index is 309. The van der Waals surface area contributed by atoms with E-state index < -0.39 is 0 Å². The quantitative estimate of drug-likeness (QED) is 0.805. The molecule has 2 heteroatoms. The fourth-order valence-electron chi connectivity index (χ4n) is 1.96. The molecule has 0 aromatic heterocycles. The van der Waals surface area contributed by atoms with E-state index in [9.17, 15) is 0 Å². The van der Waals surface area contributed by atoms with Crippen LogP contribution in [-0.4, -0.2) is 13.7 Å². The molecule has 0 bridgehead atoms. The Morgan fingerprint density at radius 3 is 2.60 bits per heavy atom. The first-order valence-electron chi connectivity index (χ1n) is 5.57. The average molecular weight is 207 g/mol. The summed E-state index contributed by atoms with van der Waals surface area (Å²) < 4.78 is 5.25. The van der Waals surface area contributed by atoms with Crippen molar-refractivity contribution in [2.75, 3.05) is 13.7 Å². The van der Waals surface area contributed by atoms with Crippen molar-refractivity contribution in [2.45, 2.75) is 32.6 Å². The van der Waals surface area contributed by atoms with E-state index in [4.69, 9.17) is 10.5 Å². The summed E-state index contributed by atoms with van der Waals surface area (Å²) >= 11 is 0.